The predicted octanol–water partition coefficient (Wildman–Crippen LogP) is 4.78. The number of rotatable bonds is 4. The maximum atomic E-state index is 12.9. The molecule has 122 valence electrons. The Morgan fingerprint density at radius 2 is 1.65 bits per heavy atom. The first-order valence-corrected chi connectivity index (χ1v) is 7.41. The summed E-state index contributed by atoms with van der Waals surface area (Å²) in [5, 5.41) is 5.95. The Labute approximate surface area is 135 Å². The maximum Gasteiger partial charge on any atom is 0.412 e. The molecule has 0 aliphatic rings. The topological polar surface area (TPSA) is 50.4 Å². The first kappa shape index (κ1) is 16.8. The number of hydrogen-bond acceptors (Lipinski definition) is 3. The van der Waals surface area contributed by atoms with Crippen molar-refractivity contribution in [3.05, 3.63) is 59.9 Å². The van der Waals surface area contributed by atoms with E-state index >= 15 is 0 Å². The summed E-state index contributed by atoms with van der Waals surface area (Å²) in [6, 6.07) is 13.6. The minimum absolute atomic E-state index is 0.263. The number of carbonyl (C=O) groups excluding carboxylic acids is 1. The molecule has 4 nitrogen and oxygen atoms in total. The van der Waals surface area contributed by atoms with Crippen LogP contribution in [-0.2, 0) is 11.3 Å². The van der Waals surface area contributed by atoms with Gasteiger partial charge in [0.05, 0.1) is 11.4 Å². The fraction of sp³-hybridized carbons (Fsp3) is 0.278. The molecule has 0 spiro atoms. The lowest BCUT2D eigenvalue weighted by Gasteiger charge is -2.20. The van der Waals surface area contributed by atoms with Gasteiger partial charge in [-0.1, -0.05) is 24.3 Å². The molecule has 2 N–H and O–H groups in total. The Hall–Kier alpha value is -2.56. The second-order valence-corrected chi connectivity index (χ2v) is 6.15. The maximum absolute atomic E-state index is 12.9. The van der Waals surface area contributed by atoms with Crippen LogP contribution in [0.3, 0.4) is 0 Å². The minimum atomic E-state index is -0.555. The number of amides is 1. The van der Waals surface area contributed by atoms with Crippen LogP contribution in [0.15, 0.2) is 48.5 Å². The van der Waals surface area contributed by atoms with Crippen LogP contribution >= 0.6 is 0 Å². The molecule has 5 heteroatoms. The van der Waals surface area contributed by atoms with Crippen LogP contribution in [0.2, 0.25) is 0 Å². The zero-order valence-electron chi connectivity index (χ0n) is 13.5. The number of hydrogen-bond donors (Lipinski definition) is 2. The van der Waals surface area contributed by atoms with Crippen LogP contribution < -0.4 is 10.6 Å². The fourth-order valence-corrected chi connectivity index (χ4v) is 1.96. The highest BCUT2D eigenvalue weighted by Crippen LogP contribution is 2.22. The van der Waals surface area contributed by atoms with Gasteiger partial charge in [0.25, 0.3) is 0 Å². The van der Waals surface area contributed by atoms with Crippen LogP contribution in [0.1, 0.15) is 26.3 Å². The van der Waals surface area contributed by atoms with Gasteiger partial charge in [0.15, 0.2) is 0 Å². The number of carbonyl (C=O) groups is 1. The average Bonchev–Trinajstić information content (AvgIpc) is 2.46. The SMILES string of the molecule is CC(C)(C)OC(=O)Nc1ccccc1NCc1ccc(F)cc1. The summed E-state index contributed by atoms with van der Waals surface area (Å²) in [7, 11) is 0. The van der Waals surface area contributed by atoms with Crippen molar-refractivity contribution in [2.45, 2.75) is 32.9 Å². The molecule has 2 aromatic rings. The lowest BCUT2D eigenvalue weighted by Crippen LogP contribution is -2.27. The molecule has 1 amide bonds. The van der Waals surface area contributed by atoms with E-state index in [1.54, 1.807) is 18.2 Å². The number of ether oxygens (including phenoxy) is 1. The van der Waals surface area contributed by atoms with Gasteiger partial charge in [-0.15, -0.1) is 0 Å². The molecule has 23 heavy (non-hydrogen) atoms. The summed E-state index contributed by atoms with van der Waals surface area (Å²) in [5.41, 5.74) is 1.78. The third kappa shape index (κ3) is 5.62. The summed E-state index contributed by atoms with van der Waals surface area (Å²) < 4.78 is 18.2. The van der Waals surface area contributed by atoms with Crippen LogP contribution in [0, 0.1) is 5.82 Å². The standard InChI is InChI=1S/C18H21FN2O2/c1-18(2,3)23-17(22)21-16-7-5-4-6-15(16)20-12-13-8-10-14(19)11-9-13/h4-11,20H,12H2,1-3H3,(H,21,22). The molecule has 0 atom stereocenters. The van der Waals surface area contributed by atoms with Crippen molar-refractivity contribution >= 4 is 17.5 Å². The van der Waals surface area contributed by atoms with E-state index in [4.69, 9.17) is 4.74 Å². The zero-order valence-corrected chi connectivity index (χ0v) is 13.5. The molecular formula is C18H21FN2O2. The summed E-state index contributed by atoms with van der Waals surface area (Å²) >= 11 is 0. The molecule has 2 rings (SSSR count). The number of halogens is 1. The lowest BCUT2D eigenvalue weighted by atomic mass is 10.2. The van der Waals surface area contributed by atoms with Crippen LogP contribution in [0.5, 0.6) is 0 Å². The monoisotopic (exact) mass is 316 g/mol. The molecule has 0 heterocycles. The largest absolute Gasteiger partial charge is 0.444 e. The number of benzene rings is 2. The Balaban J connectivity index is 2.02. The van der Waals surface area contributed by atoms with Crippen molar-refractivity contribution in [3.8, 4) is 0 Å². The summed E-state index contributed by atoms with van der Waals surface area (Å²) in [6.45, 7) is 5.95. The molecule has 2 aromatic carbocycles. The highest BCUT2D eigenvalue weighted by atomic mass is 19.1. The summed E-state index contributed by atoms with van der Waals surface area (Å²) in [6.07, 6.45) is -0.506. The van der Waals surface area contributed by atoms with Crippen LogP contribution in [0.4, 0.5) is 20.6 Å². The van der Waals surface area contributed by atoms with E-state index < -0.39 is 11.7 Å². The van der Waals surface area contributed by atoms with E-state index in [2.05, 4.69) is 10.6 Å². The van der Waals surface area contributed by atoms with Gasteiger partial charge >= 0.3 is 6.09 Å². The molecule has 0 radical (unpaired) electrons. The van der Waals surface area contributed by atoms with E-state index in [0.717, 1.165) is 11.3 Å². The van der Waals surface area contributed by atoms with E-state index in [9.17, 15) is 9.18 Å². The molecule has 0 aliphatic carbocycles. The van der Waals surface area contributed by atoms with Crippen molar-refractivity contribution in [2.24, 2.45) is 0 Å². The average molecular weight is 316 g/mol. The number of para-hydroxylation sites is 2. The molecule has 0 aliphatic heterocycles. The van der Waals surface area contributed by atoms with Crippen LogP contribution in [-0.4, -0.2) is 11.7 Å². The highest BCUT2D eigenvalue weighted by molar-refractivity contribution is 5.89. The normalized spacial score (nSPS) is 11.0. The van der Waals surface area contributed by atoms with Crippen molar-refractivity contribution < 1.29 is 13.9 Å². The zero-order chi connectivity index (χ0) is 16.9. The minimum Gasteiger partial charge on any atom is -0.444 e. The molecular weight excluding hydrogens is 295 g/mol. The predicted molar refractivity (Wildman–Crippen MR) is 90.0 cm³/mol. The molecule has 0 bridgehead atoms. The first-order chi connectivity index (χ1) is 10.8. The Morgan fingerprint density at radius 1 is 1.04 bits per heavy atom. The first-order valence-electron chi connectivity index (χ1n) is 7.41. The van der Waals surface area contributed by atoms with Gasteiger partial charge in [-0.3, -0.25) is 5.32 Å². The lowest BCUT2D eigenvalue weighted by molar-refractivity contribution is 0.0636. The third-order valence-corrected chi connectivity index (χ3v) is 2.96. The van der Waals surface area contributed by atoms with Gasteiger partial charge in [-0.05, 0) is 50.6 Å². The van der Waals surface area contributed by atoms with Crippen molar-refractivity contribution in [1.29, 1.82) is 0 Å². The van der Waals surface area contributed by atoms with E-state index in [1.165, 1.54) is 12.1 Å². The quantitative estimate of drug-likeness (QED) is 0.853. The van der Waals surface area contributed by atoms with Gasteiger partial charge in [0, 0.05) is 6.54 Å². The molecule has 0 saturated heterocycles. The molecule has 0 aromatic heterocycles. The number of anilines is 2. The second-order valence-electron chi connectivity index (χ2n) is 6.15. The Kier molecular flexibility index (Phi) is 5.21. The van der Waals surface area contributed by atoms with Crippen LogP contribution in [0.25, 0.3) is 0 Å². The molecule has 0 saturated carbocycles. The van der Waals surface area contributed by atoms with Gasteiger partial charge < -0.3 is 10.1 Å². The Bertz CT molecular complexity index is 663. The highest BCUT2D eigenvalue weighted by Gasteiger charge is 2.17. The van der Waals surface area contributed by atoms with E-state index in [1.807, 2.05) is 39.0 Å². The summed E-state index contributed by atoms with van der Waals surface area (Å²) in [5.74, 6) is -0.263. The van der Waals surface area contributed by atoms with Crippen molar-refractivity contribution in [3.63, 3.8) is 0 Å². The molecule has 0 fully saturated rings. The van der Waals surface area contributed by atoms with Gasteiger partial charge in [-0.2, -0.15) is 0 Å². The third-order valence-electron chi connectivity index (χ3n) is 2.96. The smallest absolute Gasteiger partial charge is 0.412 e. The molecule has 0 unspecified atom stereocenters. The summed E-state index contributed by atoms with van der Waals surface area (Å²) in [4.78, 5) is 11.9. The van der Waals surface area contributed by atoms with Gasteiger partial charge in [0.1, 0.15) is 11.4 Å². The second kappa shape index (κ2) is 7.13. The van der Waals surface area contributed by atoms with Gasteiger partial charge in [-0.25, -0.2) is 9.18 Å². The van der Waals surface area contributed by atoms with E-state index in [-0.39, 0.29) is 5.82 Å². The van der Waals surface area contributed by atoms with Crippen molar-refractivity contribution in [2.75, 3.05) is 10.6 Å². The Morgan fingerprint density at radius 3 is 2.26 bits per heavy atom. The van der Waals surface area contributed by atoms with Crippen molar-refractivity contribution in [1.82, 2.24) is 0 Å². The fourth-order valence-electron chi connectivity index (χ4n) is 1.96. The van der Waals surface area contributed by atoms with E-state index in [0.29, 0.717) is 12.2 Å². The number of nitrogens with one attached hydrogen (secondary N) is 2. The van der Waals surface area contributed by atoms with Gasteiger partial charge in [0.2, 0.25) is 0 Å².